The Morgan fingerprint density at radius 2 is 2.11 bits per heavy atom. The van der Waals surface area contributed by atoms with Crippen molar-refractivity contribution in [1.29, 1.82) is 0 Å². The molecule has 0 saturated heterocycles. The van der Waals surface area contributed by atoms with Crippen molar-refractivity contribution in [3.8, 4) is 5.75 Å². The van der Waals surface area contributed by atoms with Crippen molar-refractivity contribution in [2.45, 2.75) is 6.92 Å². The number of benzene rings is 1. The molecule has 19 heavy (non-hydrogen) atoms. The molecule has 2 aromatic rings. The van der Waals surface area contributed by atoms with Crippen molar-refractivity contribution < 1.29 is 9.53 Å². The summed E-state index contributed by atoms with van der Waals surface area (Å²) in [7, 11) is 0. The van der Waals surface area contributed by atoms with Crippen LogP contribution in [0.5, 0.6) is 5.75 Å². The fourth-order valence-electron chi connectivity index (χ4n) is 1.54. The number of aryl methyl sites for hydroxylation is 1. The number of para-hydroxylation sites is 2. The molecule has 1 aromatic heterocycles. The fraction of sp³-hybridized carbons (Fsp3) is 0.143. The molecular weight excluding hydrogens is 242 g/mol. The van der Waals surface area contributed by atoms with Crippen molar-refractivity contribution in [1.82, 2.24) is 4.98 Å². The number of pyridine rings is 1. The molecule has 5 heteroatoms. The number of nitrogens with two attached hydrogens (primary N) is 1. The van der Waals surface area contributed by atoms with Gasteiger partial charge in [-0.3, -0.25) is 4.79 Å². The average molecular weight is 257 g/mol. The predicted molar refractivity (Wildman–Crippen MR) is 74.0 cm³/mol. The Hall–Kier alpha value is -2.56. The number of anilines is 2. The molecule has 1 heterocycles. The van der Waals surface area contributed by atoms with Crippen LogP contribution in [0.25, 0.3) is 0 Å². The van der Waals surface area contributed by atoms with Crippen LogP contribution in [-0.2, 0) is 4.79 Å². The third-order valence-corrected chi connectivity index (χ3v) is 2.55. The van der Waals surface area contributed by atoms with E-state index in [1.54, 1.807) is 30.5 Å². The fourth-order valence-corrected chi connectivity index (χ4v) is 1.54. The molecule has 0 bridgehead atoms. The number of hydrogen-bond donors (Lipinski definition) is 2. The van der Waals surface area contributed by atoms with Gasteiger partial charge in [-0.15, -0.1) is 0 Å². The van der Waals surface area contributed by atoms with Gasteiger partial charge in [0.2, 0.25) is 0 Å². The second-order valence-corrected chi connectivity index (χ2v) is 4.04. The minimum absolute atomic E-state index is 0.107. The summed E-state index contributed by atoms with van der Waals surface area (Å²) in [6, 6.07) is 10.7. The first-order chi connectivity index (χ1) is 9.16. The Kier molecular flexibility index (Phi) is 3.97. The average Bonchev–Trinajstić information content (AvgIpc) is 2.40. The molecular formula is C14H15N3O2. The molecule has 0 aliphatic rings. The van der Waals surface area contributed by atoms with Crippen LogP contribution in [0, 0.1) is 6.92 Å². The zero-order valence-electron chi connectivity index (χ0n) is 10.6. The zero-order valence-corrected chi connectivity index (χ0v) is 10.6. The van der Waals surface area contributed by atoms with Crippen LogP contribution >= 0.6 is 0 Å². The van der Waals surface area contributed by atoms with Gasteiger partial charge in [-0.1, -0.05) is 18.2 Å². The molecule has 3 N–H and O–H groups in total. The van der Waals surface area contributed by atoms with Gasteiger partial charge in [0.1, 0.15) is 11.6 Å². The number of carbonyl (C=O) groups is 1. The van der Waals surface area contributed by atoms with E-state index >= 15 is 0 Å². The largest absolute Gasteiger partial charge is 0.482 e. The van der Waals surface area contributed by atoms with Crippen molar-refractivity contribution in [3.63, 3.8) is 0 Å². The van der Waals surface area contributed by atoms with E-state index < -0.39 is 0 Å². The Morgan fingerprint density at radius 3 is 2.84 bits per heavy atom. The summed E-state index contributed by atoms with van der Waals surface area (Å²) in [5.41, 5.74) is 7.12. The molecule has 0 saturated carbocycles. The Labute approximate surface area is 111 Å². The maximum atomic E-state index is 11.7. The normalized spacial score (nSPS) is 9.95. The summed E-state index contributed by atoms with van der Waals surface area (Å²) >= 11 is 0. The van der Waals surface area contributed by atoms with Gasteiger partial charge in [0, 0.05) is 6.20 Å². The number of nitrogens with one attached hydrogen (secondary N) is 1. The number of carbonyl (C=O) groups excluding carboxylic acids is 1. The van der Waals surface area contributed by atoms with E-state index in [9.17, 15) is 4.79 Å². The molecule has 2 rings (SSSR count). The van der Waals surface area contributed by atoms with E-state index in [0.29, 0.717) is 17.3 Å². The van der Waals surface area contributed by atoms with Crippen molar-refractivity contribution in [3.05, 3.63) is 48.2 Å². The van der Waals surface area contributed by atoms with Gasteiger partial charge in [-0.2, -0.15) is 0 Å². The zero-order chi connectivity index (χ0) is 13.7. The molecule has 0 aliphatic carbocycles. The van der Waals surface area contributed by atoms with Crippen molar-refractivity contribution in [2.24, 2.45) is 0 Å². The molecule has 1 aromatic carbocycles. The SMILES string of the molecule is Cc1cccnc1NC(=O)COc1ccccc1N. The van der Waals surface area contributed by atoms with Gasteiger partial charge < -0.3 is 15.8 Å². The van der Waals surface area contributed by atoms with E-state index in [-0.39, 0.29) is 12.5 Å². The summed E-state index contributed by atoms with van der Waals surface area (Å²) in [6.07, 6.45) is 1.62. The lowest BCUT2D eigenvalue weighted by Gasteiger charge is -2.09. The first kappa shape index (κ1) is 12.9. The highest BCUT2D eigenvalue weighted by atomic mass is 16.5. The Balaban J connectivity index is 1.92. The first-order valence-corrected chi connectivity index (χ1v) is 5.85. The minimum Gasteiger partial charge on any atom is -0.482 e. The van der Waals surface area contributed by atoms with Crippen LogP contribution in [0.1, 0.15) is 5.56 Å². The number of hydrogen-bond acceptors (Lipinski definition) is 4. The molecule has 98 valence electrons. The molecule has 0 spiro atoms. The second-order valence-electron chi connectivity index (χ2n) is 4.04. The summed E-state index contributed by atoms with van der Waals surface area (Å²) in [6.45, 7) is 1.77. The van der Waals surface area contributed by atoms with Crippen LogP contribution in [-0.4, -0.2) is 17.5 Å². The summed E-state index contributed by atoms with van der Waals surface area (Å²) in [5.74, 6) is 0.762. The van der Waals surface area contributed by atoms with Crippen LogP contribution in [0.2, 0.25) is 0 Å². The number of nitrogens with zero attached hydrogens (tertiary/aromatic N) is 1. The molecule has 0 atom stereocenters. The van der Waals surface area contributed by atoms with Crippen LogP contribution in [0.15, 0.2) is 42.6 Å². The third kappa shape index (κ3) is 3.45. The van der Waals surface area contributed by atoms with E-state index in [1.807, 2.05) is 19.1 Å². The second kappa shape index (κ2) is 5.86. The quantitative estimate of drug-likeness (QED) is 0.821. The Morgan fingerprint density at radius 1 is 1.32 bits per heavy atom. The molecule has 0 aliphatic heterocycles. The van der Waals surface area contributed by atoms with Gasteiger partial charge in [0.05, 0.1) is 5.69 Å². The lowest BCUT2D eigenvalue weighted by molar-refractivity contribution is -0.118. The molecule has 0 unspecified atom stereocenters. The first-order valence-electron chi connectivity index (χ1n) is 5.85. The lowest BCUT2D eigenvalue weighted by atomic mass is 10.3. The lowest BCUT2D eigenvalue weighted by Crippen LogP contribution is -2.21. The Bertz CT molecular complexity index is 584. The molecule has 0 fully saturated rings. The van der Waals surface area contributed by atoms with E-state index in [1.165, 1.54) is 0 Å². The number of nitrogen functional groups attached to an aromatic ring is 1. The number of ether oxygens (including phenoxy) is 1. The van der Waals surface area contributed by atoms with E-state index in [4.69, 9.17) is 10.5 Å². The van der Waals surface area contributed by atoms with Gasteiger partial charge in [0.25, 0.3) is 5.91 Å². The van der Waals surface area contributed by atoms with Gasteiger partial charge in [0.15, 0.2) is 6.61 Å². The number of aromatic nitrogens is 1. The summed E-state index contributed by atoms with van der Waals surface area (Å²) in [5, 5.41) is 2.68. The highest BCUT2D eigenvalue weighted by Gasteiger charge is 2.07. The standard InChI is InChI=1S/C14H15N3O2/c1-10-5-4-8-16-14(10)17-13(18)9-19-12-7-3-2-6-11(12)15/h2-8H,9,15H2,1H3,(H,16,17,18). The minimum atomic E-state index is -0.273. The van der Waals surface area contributed by atoms with Crippen LogP contribution in [0.4, 0.5) is 11.5 Å². The van der Waals surface area contributed by atoms with Crippen LogP contribution in [0.3, 0.4) is 0 Å². The van der Waals surface area contributed by atoms with Crippen molar-refractivity contribution in [2.75, 3.05) is 17.7 Å². The maximum Gasteiger partial charge on any atom is 0.263 e. The number of amides is 1. The highest BCUT2D eigenvalue weighted by molar-refractivity contribution is 5.91. The smallest absolute Gasteiger partial charge is 0.263 e. The molecule has 0 radical (unpaired) electrons. The molecule has 1 amide bonds. The predicted octanol–water partition coefficient (Wildman–Crippen LogP) is 1.99. The summed E-state index contributed by atoms with van der Waals surface area (Å²) in [4.78, 5) is 15.8. The van der Waals surface area contributed by atoms with E-state index in [0.717, 1.165) is 5.56 Å². The third-order valence-electron chi connectivity index (χ3n) is 2.55. The van der Waals surface area contributed by atoms with Gasteiger partial charge in [-0.05, 0) is 30.7 Å². The monoisotopic (exact) mass is 257 g/mol. The maximum absolute atomic E-state index is 11.7. The van der Waals surface area contributed by atoms with Gasteiger partial charge in [-0.25, -0.2) is 4.98 Å². The van der Waals surface area contributed by atoms with Crippen molar-refractivity contribution >= 4 is 17.4 Å². The topological polar surface area (TPSA) is 77.2 Å². The van der Waals surface area contributed by atoms with Crippen LogP contribution < -0.4 is 15.8 Å². The van der Waals surface area contributed by atoms with Gasteiger partial charge >= 0.3 is 0 Å². The summed E-state index contributed by atoms with van der Waals surface area (Å²) < 4.78 is 5.35. The highest BCUT2D eigenvalue weighted by Crippen LogP contribution is 2.19. The number of rotatable bonds is 4. The molecule has 5 nitrogen and oxygen atoms in total. The van der Waals surface area contributed by atoms with E-state index in [2.05, 4.69) is 10.3 Å².